The van der Waals surface area contributed by atoms with E-state index in [-0.39, 0.29) is 5.41 Å². The van der Waals surface area contributed by atoms with Crippen molar-refractivity contribution >= 4 is 54.4 Å². The lowest BCUT2D eigenvalue weighted by atomic mass is 9.80. The molecule has 1 aliphatic carbocycles. The SMILES string of the molecule is CC1(C)c2cc(-c3cccc(-c4ccc5c6ccccc6n(-c6ccccc6)c5c4)c3)ccc2-c2ccc(-c3ccc4c5ccccc5c5nccnc5c4c3)cc21. The van der Waals surface area contributed by atoms with Crippen molar-refractivity contribution in [3.05, 3.63) is 199 Å². The van der Waals surface area contributed by atoms with Gasteiger partial charge < -0.3 is 4.57 Å². The highest BCUT2D eigenvalue weighted by atomic mass is 15.0. The zero-order valence-electron chi connectivity index (χ0n) is 32.2. The van der Waals surface area contributed by atoms with Gasteiger partial charge >= 0.3 is 0 Å². The molecule has 0 fully saturated rings. The summed E-state index contributed by atoms with van der Waals surface area (Å²) in [6, 6.07) is 64.8. The van der Waals surface area contributed by atoms with Gasteiger partial charge in [0, 0.05) is 45.0 Å². The van der Waals surface area contributed by atoms with E-state index in [1.807, 2.05) is 0 Å². The van der Waals surface area contributed by atoms with Crippen molar-refractivity contribution in [2.24, 2.45) is 0 Å². The first-order valence-electron chi connectivity index (χ1n) is 20.1. The fourth-order valence-electron chi connectivity index (χ4n) is 9.79. The largest absolute Gasteiger partial charge is 0.309 e. The number of para-hydroxylation sites is 2. The van der Waals surface area contributed by atoms with Crippen LogP contribution in [0.5, 0.6) is 0 Å². The van der Waals surface area contributed by atoms with E-state index in [4.69, 9.17) is 9.97 Å². The first-order chi connectivity index (χ1) is 28.5. The molecular formula is C55H37N3. The molecule has 3 heteroatoms. The summed E-state index contributed by atoms with van der Waals surface area (Å²) in [5.74, 6) is 0. The molecule has 0 spiro atoms. The second-order valence-electron chi connectivity index (χ2n) is 16.2. The minimum absolute atomic E-state index is 0.171. The fraction of sp³-hybridized carbons (Fsp3) is 0.0545. The molecule has 58 heavy (non-hydrogen) atoms. The number of rotatable bonds is 4. The number of fused-ring (bicyclic) bond motifs is 12. The molecule has 0 unspecified atom stereocenters. The molecule has 0 saturated carbocycles. The van der Waals surface area contributed by atoms with E-state index in [0.717, 1.165) is 21.8 Å². The Morgan fingerprint density at radius 1 is 0.362 bits per heavy atom. The molecule has 12 rings (SSSR count). The van der Waals surface area contributed by atoms with E-state index in [9.17, 15) is 0 Å². The van der Waals surface area contributed by atoms with Crippen LogP contribution in [0.1, 0.15) is 25.0 Å². The molecule has 272 valence electrons. The molecule has 3 nitrogen and oxygen atoms in total. The maximum atomic E-state index is 4.83. The predicted molar refractivity (Wildman–Crippen MR) is 243 cm³/mol. The summed E-state index contributed by atoms with van der Waals surface area (Å²) in [5.41, 5.74) is 17.9. The van der Waals surface area contributed by atoms with E-state index in [0.29, 0.717) is 0 Å². The molecule has 0 atom stereocenters. The van der Waals surface area contributed by atoms with Crippen LogP contribution in [0.25, 0.3) is 105 Å². The highest BCUT2D eigenvalue weighted by Crippen LogP contribution is 2.51. The maximum absolute atomic E-state index is 4.83. The smallest absolute Gasteiger partial charge is 0.0971 e. The molecule has 0 N–H and O–H groups in total. The van der Waals surface area contributed by atoms with Crippen LogP contribution in [0, 0.1) is 0 Å². The van der Waals surface area contributed by atoms with Crippen molar-refractivity contribution in [1.29, 1.82) is 0 Å². The normalized spacial score (nSPS) is 13.1. The first kappa shape index (κ1) is 32.8. The molecule has 1 aliphatic rings. The highest BCUT2D eigenvalue weighted by Gasteiger charge is 2.36. The molecule has 0 amide bonds. The number of benzene rings is 9. The predicted octanol–water partition coefficient (Wildman–Crippen LogP) is 14.3. The molecule has 2 aromatic heterocycles. The van der Waals surface area contributed by atoms with Gasteiger partial charge in [0.1, 0.15) is 0 Å². The monoisotopic (exact) mass is 739 g/mol. The van der Waals surface area contributed by atoms with Gasteiger partial charge in [0.2, 0.25) is 0 Å². The second-order valence-corrected chi connectivity index (χ2v) is 16.2. The molecule has 0 aliphatic heterocycles. The summed E-state index contributed by atoms with van der Waals surface area (Å²) in [5, 5.41) is 7.21. The van der Waals surface area contributed by atoms with E-state index < -0.39 is 0 Å². The Hall–Kier alpha value is -7.36. The standard InChI is InChI=1S/C55H37N3/c1-55(2)49-31-37(34-11-10-12-35(29-34)39-22-26-46-45-16-8-9-18-51(45)58(52(46)33-39)40-13-4-3-5-14-40)20-24-43(49)44-25-21-38(32-50(44)55)36-19-23-42-41-15-6-7-17-47(41)53-54(48(42)30-36)57-28-27-56-53/h3-33H,1-2H3. The van der Waals surface area contributed by atoms with Crippen molar-refractivity contribution in [3.63, 3.8) is 0 Å². The Morgan fingerprint density at radius 2 is 0.862 bits per heavy atom. The van der Waals surface area contributed by atoms with Crippen LogP contribution in [0.15, 0.2) is 188 Å². The van der Waals surface area contributed by atoms with Crippen LogP contribution in [0.3, 0.4) is 0 Å². The van der Waals surface area contributed by atoms with Gasteiger partial charge in [0.15, 0.2) is 0 Å². The van der Waals surface area contributed by atoms with Crippen LogP contribution in [-0.2, 0) is 5.41 Å². The number of hydrogen-bond acceptors (Lipinski definition) is 2. The van der Waals surface area contributed by atoms with Crippen molar-refractivity contribution in [2.75, 3.05) is 0 Å². The summed E-state index contributed by atoms with van der Waals surface area (Å²) in [7, 11) is 0. The van der Waals surface area contributed by atoms with E-state index >= 15 is 0 Å². The third-order valence-electron chi connectivity index (χ3n) is 12.7. The van der Waals surface area contributed by atoms with Gasteiger partial charge in [-0.2, -0.15) is 0 Å². The summed E-state index contributed by atoms with van der Waals surface area (Å²) < 4.78 is 2.39. The van der Waals surface area contributed by atoms with Crippen LogP contribution in [0.4, 0.5) is 0 Å². The molecule has 0 bridgehead atoms. The summed E-state index contributed by atoms with van der Waals surface area (Å²) in [6.07, 6.45) is 3.59. The minimum Gasteiger partial charge on any atom is -0.309 e. The third kappa shape index (κ3) is 4.80. The Labute approximate surface area is 336 Å². The van der Waals surface area contributed by atoms with E-state index in [2.05, 4.69) is 194 Å². The zero-order chi connectivity index (χ0) is 38.5. The molecule has 2 heterocycles. The van der Waals surface area contributed by atoms with E-state index in [1.165, 1.54) is 93.9 Å². The van der Waals surface area contributed by atoms with Crippen molar-refractivity contribution in [3.8, 4) is 50.2 Å². The van der Waals surface area contributed by atoms with Gasteiger partial charge in [0.25, 0.3) is 0 Å². The summed E-state index contributed by atoms with van der Waals surface area (Å²) in [4.78, 5) is 9.60. The number of aromatic nitrogens is 3. The average molecular weight is 740 g/mol. The minimum atomic E-state index is -0.171. The Morgan fingerprint density at radius 3 is 1.57 bits per heavy atom. The zero-order valence-corrected chi connectivity index (χ0v) is 32.2. The highest BCUT2D eigenvalue weighted by molar-refractivity contribution is 6.23. The molecular weight excluding hydrogens is 703 g/mol. The average Bonchev–Trinajstić information content (AvgIpc) is 3.73. The van der Waals surface area contributed by atoms with E-state index in [1.54, 1.807) is 12.4 Å². The van der Waals surface area contributed by atoms with Gasteiger partial charge in [-0.1, -0.05) is 141 Å². The Balaban J connectivity index is 0.919. The van der Waals surface area contributed by atoms with Crippen molar-refractivity contribution < 1.29 is 0 Å². The van der Waals surface area contributed by atoms with Crippen LogP contribution in [-0.4, -0.2) is 14.5 Å². The lowest BCUT2D eigenvalue weighted by Gasteiger charge is -2.23. The molecule has 11 aromatic rings. The molecule has 9 aromatic carbocycles. The summed E-state index contributed by atoms with van der Waals surface area (Å²) >= 11 is 0. The van der Waals surface area contributed by atoms with Crippen molar-refractivity contribution in [1.82, 2.24) is 14.5 Å². The topological polar surface area (TPSA) is 30.7 Å². The lowest BCUT2D eigenvalue weighted by Crippen LogP contribution is -2.15. The fourth-order valence-corrected chi connectivity index (χ4v) is 9.79. The lowest BCUT2D eigenvalue weighted by molar-refractivity contribution is 0.661. The van der Waals surface area contributed by atoms with Gasteiger partial charge in [-0.05, 0) is 115 Å². The summed E-state index contributed by atoms with van der Waals surface area (Å²) in [6.45, 7) is 4.75. The van der Waals surface area contributed by atoms with Crippen molar-refractivity contribution in [2.45, 2.75) is 19.3 Å². The van der Waals surface area contributed by atoms with Crippen LogP contribution in [0.2, 0.25) is 0 Å². The second kappa shape index (κ2) is 12.3. The number of hydrogen-bond donors (Lipinski definition) is 0. The van der Waals surface area contributed by atoms with Crippen LogP contribution < -0.4 is 0 Å². The molecule has 0 saturated heterocycles. The first-order valence-corrected chi connectivity index (χ1v) is 20.1. The van der Waals surface area contributed by atoms with Gasteiger partial charge in [-0.3, -0.25) is 9.97 Å². The maximum Gasteiger partial charge on any atom is 0.0971 e. The van der Waals surface area contributed by atoms with Gasteiger partial charge in [-0.25, -0.2) is 0 Å². The van der Waals surface area contributed by atoms with Crippen LogP contribution >= 0.6 is 0 Å². The van der Waals surface area contributed by atoms with Gasteiger partial charge in [-0.15, -0.1) is 0 Å². The Bertz CT molecular complexity index is 3450. The Kier molecular flexibility index (Phi) is 6.98. The molecule has 0 radical (unpaired) electrons. The van der Waals surface area contributed by atoms with Gasteiger partial charge in [0.05, 0.1) is 22.1 Å². The number of nitrogens with zero attached hydrogens (tertiary/aromatic N) is 3. The third-order valence-corrected chi connectivity index (χ3v) is 12.7. The quantitative estimate of drug-likeness (QED) is 0.168.